The smallest absolute Gasteiger partial charge is 0.317 e. The van der Waals surface area contributed by atoms with Crippen molar-refractivity contribution in [2.75, 3.05) is 26.2 Å². The second-order valence-corrected chi connectivity index (χ2v) is 6.38. The number of amides is 2. The first-order valence-corrected chi connectivity index (χ1v) is 7.70. The van der Waals surface area contributed by atoms with Crippen molar-refractivity contribution in [1.82, 2.24) is 10.2 Å². The number of carboxylic acid groups (broad SMARTS) is 1. The lowest BCUT2D eigenvalue weighted by atomic mass is 9.90. The van der Waals surface area contributed by atoms with Crippen molar-refractivity contribution in [3.05, 3.63) is 0 Å². The Hall–Kier alpha value is -1.30. The fourth-order valence-corrected chi connectivity index (χ4v) is 2.09. The third-order valence-electron chi connectivity index (χ3n) is 4.07. The van der Waals surface area contributed by atoms with E-state index < -0.39 is 5.97 Å². The number of carbonyl (C=O) groups is 2. The van der Waals surface area contributed by atoms with Crippen LogP contribution in [0, 0.1) is 5.41 Å². The lowest BCUT2D eigenvalue weighted by Gasteiger charge is -2.33. The predicted octanol–water partition coefficient (Wildman–Crippen LogP) is 2.09. The largest absolute Gasteiger partial charge is 0.481 e. The average Bonchev–Trinajstić information content (AvgIpc) is 2.45. The summed E-state index contributed by atoms with van der Waals surface area (Å²) in [5.74, 6) is -0.842. The number of nitrogens with one attached hydrogen (secondary N) is 1. The van der Waals surface area contributed by atoms with Gasteiger partial charge in [-0.2, -0.15) is 0 Å². The minimum Gasteiger partial charge on any atom is -0.481 e. The van der Waals surface area contributed by atoms with E-state index in [0.29, 0.717) is 19.6 Å². The van der Waals surface area contributed by atoms with Gasteiger partial charge < -0.3 is 20.1 Å². The second kappa shape index (κ2) is 8.22. The number of piperidine rings is 1. The third kappa shape index (κ3) is 6.80. The van der Waals surface area contributed by atoms with Gasteiger partial charge in [0.25, 0.3) is 0 Å². The summed E-state index contributed by atoms with van der Waals surface area (Å²) in [6.45, 7) is 8.64. The summed E-state index contributed by atoms with van der Waals surface area (Å²) >= 11 is 0. The molecular formula is C15H28N2O4. The van der Waals surface area contributed by atoms with Gasteiger partial charge in [0.05, 0.1) is 19.1 Å². The van der Waals surface area contributed by atoms with Crippen LogP contribution in [-0.4, -0.2) is 54.4 Å². The minimum atomic E-state index is -0.842. The molecule has 0 saturated carbocycles. The molecule has 2 N–H and O–H groups in total. The highest BCUT2D eigenvalue weighted by Gasteiger charge is 2.24. The van der Waals surface area contributed by atoms with Gasteiger partial charge in [0, 0.05) is 19.6 Å². The van der Waals surface area contributed by atoms with Gasteiger partial charge in [0.1, 0.15) is 0 Å². The van der Waals surface area contributed by atoms with Crippen LogP contribution in [0.1, 0.15) is 46.5 Å². The minimum absolute atomic E-state index is 0.0134. The molecule has 1 heterocycles. The maximum Gasteiger partial charge on any atom is 0.317 e. The number of carbonyl (C=O) groups excluding carboxylic acids is 1. The van der Waals surface area contributed by atoms with Crippen molar-refractivity contribution >= 4 is 12.0 Å². The van der Waals surface area contributed by atoms with Gasteiger partial charge in [0.2, 0.25) is 0 Å². The molecule has 0 spiro atoms. The molecule has 21 heavy (non-hydrogen) atoms. The molecule has 1 rings (SSSR count). The molecule has 1 fully saturated rings. The van der Waals surface area contributed by atoms with Crippen molar-refractivity contribution in [3.8, 4) is 0 Å². The van der Waals surface area contributed by atoms with Crippen molar-refractivity contribution in [2.24, 2.45) is 5.41 Å². The number of urea groups is 1. The molecule has 0 aromatic heterocycles. The molecule has 0 unspecified atom stereocenters. The Morgan fingerprint density at radius 1 is 1.33 bits per heavy atom. The summed E-state index contributed by atoms with van der Waals surface area (Å²) in [5, 5.41) is 11.5. The second-order valence-electron chi connectivity index (χ2n) is 6.38. The molecule has 1 saturated heterocycles. The summed E-state index contributed by atoms with van der Waals surface area (Å²) in [6.07, 6.45) is 2.66. The predicted molar refractivity (Wildman–Crippen MR) is 80.3 cm³/mol. The van der Waals surface area contributed by atoms with Crippen molar-refractivity contribution in [1.29, 1.82) is 0 Å². The van der Waals surface area contributed by atoms with Crippen LogP contribution in [-0.2, 0) is 9.53 Å². The maximum atomic E-state index is 12.1. The van der Waals surface area contributed by atoms with E-state index >= 15 is 0 Å². The van der Waals surface area contributed by atoms with E-state index in [4.69, 9.17) is 9.84 Å². The van der Waals surface area contributed by atoms with Crippen LogP contribution in [0.25, 0.3) is 0 Å². The zero-order valence-corrected chi connectivity index (χ0v) is 13.4. The van der Waals surface area contributed by atoms with Gasteiger partial charge in [0.15, 0.2) is 0 Å². The van der Waals surface area contributed by atoms with Crippen LogP contribution >= 0.6 is 0 Å². The molecule has 0 radical (unpaired) electrons. The highest BCUT2D eigenvalue weighted by molar-refractivity contribution is 5.74. The fourth-order valence-electron chi connectivity index (χ4n) is 2.09. The number of carboxylic acids is 1. The number of hydrogen-bond donors (Lipinski definition) is 2. The van der Waals surface area contributed by atoms with Crippen LogP contribution in [0.3, 0.4) is 0 Å². The standard InChI is InChI=1S/C15H28N2O4/c1-4-15(2,3)11-16-14(20)17-8-5-12(6-9-17)21-10-7-13(18)19/h12H,4-11H2,1-3H3,(H,16,20)(H,18,19). The molecule has 6 heteroatoms. The molecule has 122 valence electrons. The summed E-state index contributed by atoms with van der Waals surface area (Å²) in [4.78, 5) is 24.3. The van der Waals surface area contributed by atoms with E-state index in [1.807, 2.05) is 4.90 Å². The van der Waals surface area contributed by atoms with E-state index in [9.17, 15) is 9.59 Å². The first kappa shape index (κ1) is 17.8. The molecule has 1 aliphatic rings. The number of ether oxygens (including phenoxy) is 1. The number of aliphatic carboxylic acids is 1. The van der Waals surface area contributed by atoms with Gasteiger partial charge in [-0.05, 0) is 24.7 Å². The third-order valence-corrected chi connectivity index (χ3v) is 4.07. The zero-order valence-electron chi connectivity index (χ0n) is 13.4. The first-order chi connectivity index (χ1) is 9.84. The molecule has 0 aliphatic carbocycles. The summed E-state index contributed by atoms with van der Waals surface area (Å²) in [6, 6.07) is -0.0134. The van der Waals surface area contributed by atoms with Gasteiger partial charge in [-0.3, -0.25) is 4.79 Å². The highest BCUT2D eigenvalue weighted by Crippen LogP contribution is 2.18. The van der Waals surface area contributed by atoms with Gasteiger partial charge in [-0.1, -0.05) is 20.8 Å². The molecule has 0 bridgehead atoms. The number of rotatable bonds is 7. The summed E-state index contributed by atoms with van der Waals surface area (Å²) < 4.78 is 5.51. The van der Waals surface area contributed by atoms with Crippen LogP contribution in [0.4, 0.5) is 4.79 Å². The van der Waals surface area contributed by atoms with E-state index in [1.54, 1.807) is 0 Å². The SMILES string of the molecule is CCC(C)(C)CNC(=O)N1CCC(OCCC(=O)O)CC1. The van der Waals surface area contributed by atoms with E-state index in [0.717, 1.165) is 19.3 Å². The first-order valence-electron chi connectivity index (χ1n) is 7.70. The zero-order chi connectivity index (χ0) is 15.9. The van der Waals surface area contributed by atoms with Crippen molar-refractivity contribution in [2.45, 2.75) is 52.6 Å². The molecular weight excluding hydrogens is 272 g/mol. The Morgan fingerprint density at radius 2 is 1.95 bits per heavy atom. The van der Waals surface area contributed by atoms with Gasteiger partial charge in [-0.25, -0.2) is 4.79 Å². The van der Waals surface area contributed by atoms with Gasteiger partial charge in [-0.15, -0.1) is 0 Å². The quantitative estimate of drug-likeness (QED) is 0.754. The average molecular weight is 300 g/mol. The Kier molecular flexibility index (Phi) is 6.95. The summed E-state index contributed by atoms with van der Waals surface area (Å²) in [5.41, 5.74) is 0.119. The van der Waals surface area contributed by atoms with Crippen LogP contribution < -0.4 is 5.32 Å². The highest BCUT2D eigenvalue weighted by atomic mass is 16.5. The lowest BCUT2D eigenvalue weighted by molar-refractivity contribution is -0.138. The van der Waals surface area contributed by atoms with Crippen LogP contribution in [0.2, 0.25) is 0 Å². The Bertz CT molecular complexity index is 350. The summed E-state index contributed by atoms with van der Waals surface area (Å²) in [7, 11) is 0. The molecule has 0 aromatic rings. The van der Waals surface area contributed by atoms with E-state index in [2.05, 4.69) is 26.1 Å². The Balaban J connectivity index is 2.23. The number of nitrogens with zero attached hydrogens (tertiary/aromatic N) is 1. The molecule has 1 aliphatic heterocycles. The topological polar surface area (TPSA) is 78.9 Å². The van der Waals surface area contributed by atoms with Crippen molar-refractivity contribution < 1.29 is 19.4 Å². The molecule has 0 aromatic carbocycles. The monoisotopic (exact) mass is 300 g/mol. The van der Waals surface area contributed by atoms with E-state index in [-0.39, 0.29) is 30.6 Å². The Morgan fingerprint density at radius 3 is 2.48 bits per heavy atom. The van der Waals surface area contributed by atoms with E-state index in [1.165, 1.54) is 0 Å². The molecule has 6 nitrogen and oxygen atoms in total. The van der Waals surface area contributed by atoms with Crippen molar-refractivity contribution in [3.63, 3.8) is 0 Å². The van der Waals surface area contributed by atoms with Crippen LogP contribution in [0.15, 0.2) is 0 Å². The number of hydrogen-bond acceptors (Lipinski definition) is 3. The normalized spacial score (nSPS) is 16.8. The Labute approximate surface area is 126 Å². The lowest BCUT2D eigenvalue weighted by Crippen LogP contribution is -2.47. The van der Waals surface area contributed by atoms with Gasteiger partial charge >= 0.3 is 12.0 Å². The molecule has 2 amide bonds. The van der Waals surface area contributed by atoms with Crippen LogP contribution in [0.5, 0.6) is 0 Å². The fraction of sp³-hybridized carbons (Fsp3) is 0.867. The maximum absolute atomic E-state index is 12.1. The number of likely N-dealkylation sites (tertiary alicyclic amines) is 1. The molecule has 0 atom stereocenters.